The van der Waals surface area contributed by atoms with Crippen molar-refractivity contribution in [1.82, 2.24) is 10.6 Å². The number of hydrogen-bond acceptors (Lipinski definition) is 4. The summed E-state index contributed by atoms with van der Waals surface area (Å²) in [5, 5.41) is 16.1. The molecule has 2 aromatic heterocycles. The van der Waals surface area contributed by atoms with Crippen molar-refractivity contribution >= 4 is 23.3 Å². The molecule has 0 aromatic carbocycles. The van der Waals surface area contributed by atoms with Crippen LogP contribution < -0.4 is 10.6 Å². The third kappa shape index (κ3) is 4.35. The Morgan fingerprint density at radius 3 is 2.71 bits per heavy atom. The summed E-state index contributed by atoms with van der Waals surface area (Å²) in [6.07, 6.45) is 2.11. The first-order valence-electron chi connectivity index (χ1n) is 6.42. The summed E-state index contributed by atoms with van der Waals surface area (Å²) in [5.74, 6) is -0.331. The molecule has 0 saturated carbocycles. The molecule has 112 valence electrons. The monoisotopic (exact) mass is 308 g/mol. The minimum absolute atomic E-state index is 0.172. The predicted molar refractivity (Wildman–Crippen MR) is 78.2 cm³/mol. The maximum atomic E-state index is 11.9. The van der Waals surface area contributed by atoms with E-state index in [0.29, 0.717) is 11.3 Å². The molecule has 0 bridgehead atoms. The van der Waals surface area contributed by atoms with Gasteiger partial charge in [0.15, 0.2) is 6.04 Å². The van der Waals surface area contributed by atoms with Gasteiger partial charge in [0.1, 0.15) is 5.76 Å². The largest absolute Gasteiger partial charge is 0.479 e. The van der Waals surface area contributed by atoms with Crippen LogP contribution in [0.5, 0.6) is 0 Å². The number of urea groups is 1. The molecule has 0 spiro atoms. The molecule has 2 rings (SSSR count). The highest BCUT2D eigenvalue weighted by atomic mass is 32.1. The Morgan fingerprint density at radius 1 is 1.33 bits per heavy atom. The highest BCUT2D eigenvalue weighted by Gasteiger charge is 2.23. The van der Waals surface area contributed by atoms with Crippen LogP contribution in [0.4, 0.5) is 4.79 Å². The fourth-order valence-electron chi connectivity index (χ4n) is 1.89. The predicted octanol–water partition coefficient (Wildman–Crippen LogP) is 2.40. The number of thiophene rings is 1. The zero-order chi connectivity index (χ0) is 15.2. The topological polar surface area (TPSA) is 91.6 Å². The lowest BCUT2D eigenvalue weighted by atomic mass is 10.2. The molecule has 21 heavy (non-hydrogen) atoms. The number of carbonyl (C=O) groups is 2. The number of carbonyl (C=O) groups excluding carboxylic acids is 1. The highest BCUT2D eigenvalue weighted by molar-refractivity contribution is 7.10. The fraction of sp³-hybridized carbons (Fsp3) is 0.286. The van der Waals surface area contributed by atoms with E-state index in [0.717, 1.165) is 5.76 Å². The number of carboxylic acids is 1. The molecular weight excluding hydrogens is 292 g/mol. The van der Waals surface area contributed by atoms with E-state index in [-0.39, 0.29) is 6.04 Å². The van der Waals surface area contributed by atoms with Crippen LogP contribution in [0, 0.1) is 0 Å². The molecule has 2 atom stereocenters. The van der Waals surface area contributed by atoms with E-state index in [2.05, 4.69) is 10.6 Å². The van der Waals surface area contributed by atoms with Crippen LogP contribution in [0.25, 0.3) is 0 Å². The average molecular weight is 308 g/mol. The van der Waals surface area contributed by atoms with Crippen molar-refractivity contribution in [2.24, 2.45) is 0 Å². The van der Waals surface area contributed by atoms with E-state index >= 15 is 0 Å². The van der Waals surface area contributed by atoms with Crippen molar-refractivity contribution in [2.45, 2.75) is 25.4 Å². The number of hydrogen-bond donors (Lipinski definition) is 3. The van der Waals surface area contributed by atoms with Gasteiger partial charge < -0.3 is 20.2 Å². The number of rotatable bonds is 6. The van der Waals surface area contributed by atoms with Crippen LogP contribution in [0.2, 0.25) is 0 Å². The van der Waals surface area contributed by atoms with Gasteiger partial charge >= 0.3 is 12.0 Å². The third-order valence-electron chi connectivity index (χ3n) is 2.82. The molecule has 2 aromatic rings. The summed E-state index contributed by atoms with van der Waals surface area (Å²) in [7, 11) is 0. The van der Waals surface area contributed by atoms with Crippen molar-refractivity contribution in [3.8, 4) is 0 Å². The summed E-state index contributed by atoms with van der Waals surface area (Å²) in [5.41, 5.74) is 0. The van der Waals surface area contributed by atoms with Crippen LogP contribution >= 0.6 is 11.3 Å². The van der Waals surface area contributed by atoms with E-state index < -0.39 is 18.0 Å². The number of furan rings is 1. The number of amides is 2. The molecule has 7 heteroatoms. The average Bonchev–Trinajstić information content (AvgIpc) is 3.07. The second-order valence-electron chi connectivity index (χ2n) is 4.59. The Bertz CT molecular complexity index is 580. The molecule has 2 heterocycles. The number of carboxylic acid groups (broad SMARTS) is 1. The first-order valence-corrected chi connectivity index (χ1v) is 7.30. The molecule has 3 N–H and O–H groups in total. The maximum absolute atomic E-state index is 11.9. The van der Waals surface area contributed by atoms with Crippen molar-refractivity contribution < 1.29 is 19.1 Å². The van der Waals surface area contributed by atoms with E-state index in [9.17, 15) is 14.7 Å². The van der Waals surface area contributed by atoms with Crippen molar-refractivity contribution in [3.63, 3.8) is 0 Å². The number of nitrogens with one attached hydrogen (secondary N) is 2. The smallest absolute Gasteiger partial charge is 0.331 e. The molecule has 6 nitrogen and oxygen atoms in total. The van der Waals surface area contributed by atoms with Gasteiger partial charge in [0.05, 0.1) is 6.26 Å². The van der Waals surface area contributed by atoms with Gasteiger partial charge in [-0.1, -0.05) is 6.07 Å². The van der Waals surface area contributed by atoms with Gasteiger partial charge in [-0.3, -0.25) is 0 Å². The Labute approximate surface area is 125 Å². The van der Waals surface area contributed by atoms with Gasteiger partial charge in [-0.15, -0.1) is 11.3 Å². The summed E-state index contributed by atoms with van der Waals surface area (Å²) in [4.78, 5) is 23.7. The second-order valence-corrected chi connectivity index (χ2v) is 5.57. The van der Waals surface area contributed by atoms with Crippen molar-refractivity contribution in [3.05, 3.63) is 46.5 Å². The Morgan fingerprint density at radius 2 is 2.14 bits per heavy atom. The Kier molecular flexibility index (Phi) is 4.99. The van der Waals surface area contributed by atoms with Gasteiger partial charge in [-0.05, 0) is 30.5 Å². The van der Waals surface area contributed by atoms with Gasteiger partial charge in [-0.2, -0.15) is 0 Å². The summed E-state index contributed by atoms with van der Waals surface area (Å²) >= 11 is 1.29. The lowest BCUT2D eigenvalue weighted by Crippen LogP contribution is -2.44. The molecule has 0 aliphatic heterocycles. The van der Waals surface area contributed by atoms with Crippen molar-refractivity contribution in [2.75, 3.05) is 0 Å². The lowest BCUT2D eigenvalue weighted by molar-refractivity contribution is -0.139. The summed E-state index contributed by atoms with van der Waals surface area (Å²) in [6.45, 7) is 1.82. The Hall–Kier alpha value is -2.28. The molecule has 0 aliphatic carbocycles. The van der Waals surface area contributed by atoms with Gasteiger partial charge in [-0.25, -0.2) is 9.59 Å². The fourth-order valence-corrected chi connectivity index (χ4v) is 2.66. The van der Waals surface area contributed by atoms with Crippen LogP contribution in [0.1, 0.15) is 23.6 Å². The van der Waals surface area contributed by atoms with Crippen molar-refractivity contribution in [1.29, 1.82) is 0 Å². The first-order chi connectivity index (χ1) is 10.1. The number of aliphatic carboxylic acids is 1. The zero-order valence-corrected chi connectivity index (χ0v) is 12.2. The normalized spacial score (nSPS) is 13.4. The van der Waals surface area contributed by atoms with Gasteiger partial charge in [0.2, 0.25) is 0 Å². The molecule has 2 amide bonds. The van der Waals surface area contributed by atoms with Crippen LogP contribution in [-0.2, 0) is 11.2 Å². The molecular formula is C14H16N2O4S. The molecule has 2 unspecified atom stereocenters. The van der Waals surface area contributed by atoms with E-state index in [4.69, 9.17) is 4.42 Å². The minimum atomic E-state index is -1.09. The van der Waals surface area contributed by atoms with Gasteiger partial charge in [0.25, 0.3) is 0 Å². The van der Waals surface area contributed by atoms with Crippen LogP contribution in [-0.4, -0.2) is 23.1 Å². The third-order valence-corrected chi connectivity index (χ3v) is 3.75. The zero-order valence-electron chi connectivity index (χ0n) is 11.4. The highest BCUT2D eigenvalue weighted by Crippen LogP contribution is 2.19. The lowest BCUT2D eigenvalue weighted by Gasteiger charge is -2.17. The van der Waals surface area contributed by atoms with Gasteiger partial charge in [0, 0.05) is 17.3 Å². The minimum Gasteiger partial charge on any atom is -0.479 e. The Balaban J connectivity index is 1.89. The quantitative estimate of drug-likeness (QED) is 0.764. The van der Waals surface area contributed by atoms with E-state index in [1.54, 1.807) is 29.8 Å². The van der Waals surface area contributed by atoms with E-state index in [1.165, 1.54) is 11.3 Å². The SMILES string of the molecule is CC(Cc1ccco1)NC(=O)NC(C(=O)O)c1cccs1. The molecule has 0 radical (unpaired) electrons. The molecule has 0 fully saturated rings. The van der Waals surface area contributed by atoms with Crippen LogP contribution in [0.15, 0.2) is 40.3 Å². The maximum Gasteiger partial charge on any atom is 0.331 e. The molecule has 0 aliphatic rings. The molecule has 0 saturated heterocycles. The van der Waals surface area contributed by atoms with E-state index in [1.807, 2.05) is 13.0 Å². The van der Waals surface area contributed by atoms with Crippen LogP contribution in [0.3, 0.4) is 0 Å². The first kappa shape index (κ1) is 15.1. The standard InChI is InChI=1S/C14H16N2O4S/c1-9(8-10-4-2-6-20-10)15-14(19)16-12(13(17)18)11-5-3-7-21-11/h2-7,9,12H,8H2,1H3,(H,17,18)(H2,15,16,19). The summed E-state index contributed by atoms with van der Waals surface area (Å²) < 4.78 is 5.20. The second kappa shape index (κ2) is 6.94. The summed E-state index contributed by atoms with van der Waals surface area (Å²) in [6, 6.07) is 5.29.